The van der Waals surface area contributed by atoms with Gasteiger partial charge in [0, 0.05) is 18.0 Å². The van der Waals surface area contributed by atoms with Crippen LogP contribution in [0.25, 0.3) is 16.7 Å². The van der Waals surface area contributed by atoms with Gasteiger partial charge < -0.3 is 15.0 Å². The van der Waals surface area contributed by atoms with E-state index in [4.69, 9.17) is 9.72 Å². The van der Waals surface area contributed by atoms with Crippen molar-refractivity contribution in [2.75, 3.05) is 31.3 Å². The number of benzene rings is 1. The molecular formula is C22H26FN7O. The lowest BCUT2D eigenvalue weighted by molar-refractivity contribution is -0.0518. The molecule has 0 aliphatic carbocycles. The van der Waals surface area contributed by atoms with E-state index in [1.54, 1.807) is 0 Å². The number of aryl methyl sites for hydroxylation is 2. The zero-order valence-corrected chi connectivity index (χ0v) is 17.8. The summed E-state index contributed by atoms with van der Waals surface area (Å²) >= 11 is 0. The van der Waals surface area contributed by atoms with Gasteiger partial charge in [0.05, 0.1) is 43.2 Å². The van der Waals surface area contributed by atoms with Crippen molar-refractivity contribution in [3.05, 3.63) is 41.3 Å². The molecule has 0 amide bonds. The number of aromatic nitrogens is 4. The quantitative estimate of drug-likeness (QED) is 0.650. The van der Waals surface area contributed by atoms with Gasteiger partial charge in [0.2, 0.25) is 0 Å². The molecule has 1 aromatic carbocycles. The molecule has 0 spiro atoms. The number of ether oxygens (including phenoxy) is 1. The lowest BCUT2D eigenvalue weighted by Gasteiger charge is -2.30. The molecule has 2 bridgehead atoms. The van der Waals surface area contributed by atoms with Gasteiger partial charge in [-0.05, 0) is 56.5 Å². The van der Waals surface area contributed by atoms with Crippen molar-refractivity contribution < 1.29 is 9.22 Å². The van der Waals surface area contributed by atoms with Crippen LogP contribution in [0.2, 0.25) is 0 Å². The van der Waals surface area contributed by atoms with E-state index >= 15 is 0 Å². The summed E-state index contributed by atoms with van der Waals surface area (Å²) in [6.45, 7) is 6.63. The first-order valence-corrected chi connectivity index (χ1v) is 10.9. The Hall–Kier alpha value is -2.62. The predicted octanol–water partition coefficient (Wildman–Crippen LogP) is 2.59. The highest BCUT2D eigenvalue weighted by Crippen LogP contribution is 2.34. The van der Waals surface area contributed by atoms with Crippen LogP contribution in [0.5, 0.6) is 0 Å². The molecule has 9 heteroatoms. The molecule has 8 nitrogen and oxygen atoms in total. The van der Waals surface area contributed by atoms with Crippen molar-refractivity contribution >= 4 is 16.7 Å². The molecule has 0 radical (unpaired) electrons. The zero-order chi connectivity index (χ0) is 21.1. The number of hydrogen-bond donors (Lipinski definition) is 1. The molecule has 3 saturated heterocycles. The summed E-state index contributed by atoms with van der Waals surface area (Å²) in [5.41, 5.74) is 3.01. The largest absolute Gasteiger partial charge is 0.374 e. The smallest absolute Gasteiger partial charge is 0.159 e. The van der Waals surface area contributed by atoms with Crippen molar-refractivity contribution in [1.82, 2.24) is 30.2 Å². The number of anilines is 1. The molecule has 3 aliphatic heterocycles. The van der Waals surface area contributed by atoms with Gasteiger partial charge in [0.15, 0.2) is 5.82 Å². The number of fused-ring (bicyclic) bond motifs is 3. The summed E-state index contributed by atoms with van der Waals surface area (Å²) in [7, 11) is 0. The number of halogens is 1. The minimum absolute atomic E-state index is 0.248. The van der Waals surface area contributed by atoms with E-state index in [1.165, 1.54) is 0 Å². The molecule has 3 fully saturated rings. The van der Waals surface area contributed by atoms with Crippen LogP contribution in [0.4, 0.5) is 10.3 Å². The van der Waals surface area contributed by atoms with Crippen LogP contribution in [0, 0.1) is 13.8 Å². The molecule has 1 N–H and O–H groups in total. The topological polar surface area (TPSA) is 71.3 Å². The van der Waals surface area contributed by atoms with E-state index in [-0.39, 0.29) is 12.7 Å². The van der Waals surface area contributed by atoms with E-state index in [1.807, 2.05) is 30.8 Å². The monoisotopic (exact) mass is 423 g/mol. The van der Waals surface area contributed by atoms with Crippen molar-refractivity contribution in [3.63, 3.8) is 0 Å². The minimum atomic E-state index is -0.253. The second kappa shape index (κ2) is 7.22. The lowest BCUT2D eigenvalue weighted by Crippen LogP contribution is -2.39. The molecule has 6 rings (SSSR count). The Kier molecular flexibility index (Phi) is 4.45. The fraction of sp³-hybridized carbons (Fsp3) is 0.500. The molecule has 0 saturated carbocycles. The molecule has 31 heavy (non-hydrogen) atoms. The standard InChI is InChI=1S/C22H26FN7O/c1-13-5-15-9-25-30(20(15)7-18(13)19-3-4-24-12-29(19)23)22-8-21(26-14(2)27-22)28-10-17-6-16(28)11-31-17/h5,7-9,16-17,19,24H,3-4,6,10-12H2,1-2H3. The van der Waals surface area contributed by atoms with Crippen molar-refractivity contribution in [1.29, 1.82) is 0 Å². The highest BCUT2D eigenvalue weighted by Gasteiger charge is 2.39. The molecule has 5 heterocycles. The third-order valence-electron chi connectivity index (χ3n) is 6.73. The first kappa shape index (κ1) is 19.1. The number of hydrogen-bond acceptors (Lipinski definition) is 7. The summed E-state index contributed by atoms with van der Waals surface area (Å²) in [6.07, 6.45) is 3.94. The van der Waals surface area contributed by atoms with Crippen LogP contribution in [-0.2, 0) is 4.74 Å². The van der Waals surface area contributed by atoms with E-state index in [9.17, 15) is 4.48 Å². The van der Waals surface area contributed by atoms with Crippen molar-refractivity contribution in [2.45, 2.75) is 44.9 Å². The average Bonchev–Trinajstić information content (AvgIpc) is 3.49. The molecular weight excluding hydrogens is 397 g/mol. The van der Waals surface area contributed by atoms with Gasteiger partial charge in [-0.25, -0.2) is 14.6 Å². The Bertz CT molecular complexity index is 1150. The third kappa shape index (κ3) is 3.19. The van der Waals surface area contributed by atoms with Gasteiger partial charge in [-0.15, -0.1) is 9.60 Å². The van der Waals surface area contributed by atoms with Gasteiger partial charge in [0.1, 0.15) is 11.6 Å². The number of nitrogens with one attached hydrogen (secondary N) is 1. The normalized spacial score (nSPS) is 26.3. The summed E-state index contributed by atoms with van der Waals surface area (Å²) < 4.78 is 22.1. The van der Waals surface area contributed by atoms with Crippen LogP contribution in [0.15, 0.2) is 24.4 Å². The Morgan fingerprint density at radius 3 is 2.81 bits per heavy atom. The number of nitrogens with zero attached hydrogens (tertiary/aromatic N) is 6. The average molecular weight is 423 g/mol. The molecule has 3 unspecified atom stereocenters. The Balaban J connectivity index is 1.42. The van der Waals surface area contributed by atoms with Crippen LogP contribution < -0.4 is 10.2 Å². The molecule has 162 valence electrons. The van der Waals surface area contributed by atoms with Gasteiger partial charge in [-0.1, -0.05) is 0 Å². The summed E-state index contributed by atoms with van der Waals surface area (Å²) in [4.78, 5) is 11.7. The van der Waals surface area contributed by atoms with Gasteiger partial charge >= 0.3 is 0 Å². The third-order valence-corrected chi connectivity index (χ3v) is 6.73. The van der Waals surface area contributed by atoms with Crippen molar-refractivity contribution in [3.8, 4) is 5.82 Å². The molecule has 3 aliphatic rings. The first-order chi connectivity index (χ1) is 15.1. The lowest BCUT2D eigenvalue weighted by atomic mass is 9.96. The maximum atomic E-state index is 14.5. The van der Waals surface area contributed by atoms with Crippen LogP contribution in [-0.4, -0.2) is 63.4 Å². The fourth-order valence-electron chi connectivity index (χ4n) is 5.20. The minimum Gasteiger partial charge on any atom is -0.374 e. The first-order valence-electron chi connectivity index (χ1n) is 10.9. The van der Waals surface area contributed by atoms with Gasteiger partial charge in [-0.3, -0.25) is 0 Å². The number of rotatable bonds is 3. The Morgan fingerprint density at radius 2 is 2.03 bits per heavy atom. The van der Waals surface area contributed by atoms with Crippen molar-refractivity contribution in [2.24, 2.45) is 0 Å². The Labute approximate surface area is 179 Å². The summed E-state index contributed by atoms with van der Waals surface area (Å²) in [5, 5.41) is 9.61. The second-order valence-electron chi connectivity index (χ2n) is 8.82. The summed E-state index contributed by atoms with van der Waals surface area (Å²) in [6, 6.07) is 6.30. The summed E-state index contributed by atoms with van der Waals surface area (Å²) in [5.74, 6) is 2.36. The molecule has 2 aromatic heterocycles. The highest BCUT2D eigenvalue weighted by molar-refractivity contribution is 5.82. The zero-order valence-electron chi connectivity index (χ0n) is 17.8. The van der Waals surface area contributed by atoms with E-state index in [0.29, 0.717) is 18.0 Å². The van der Waals surface area contributed by atoms with E-state index in [0.717, 1.165) is 71.3 Å². The SMILES string of the molecule is Cc1nc(N2CC3CC2CO3)cc(-n2ncc3cc(C)c(C4CCNCN4F)cc32)n1. The van der Waals surface area contributed by atoms with Crippen LogP contribution in [0.3, 0.4) is 0 Å². The molecule has 3 aromatic rings. The fourth-order valence-corrected chi connectivity index (χ4v) is 5.20. The van der Waals surface area contributed by atoms with Crippen LogP contribution in [0.1, 0.15) is 35.8 Å². The van der Waals surface area contributed by atoms with Gasteiger partial charge in [0.25, 0.3) is 0 Å². The van der Waals surface area contributed by atoms with Crippen LogP contribution >= 0.6 is 0 Å². The van der Waals surface area contributed by atoms with E-state index < -0.39 is 0 Å². The maximum absolute atomic E-state index is 14.5. The highest BCUT2D eigenvalue weighted by atomic mass is 19.2. The van der Waals surface area contributed by atoms with E-state index in [2.05, 4.69) is 32.4 Å². The van der Waals surface area contributed by atoms with Gasteiger partial charge in [-0.2, -0.15) is 5.10 Å². The maximum Gasteiger partial charge on any atom is 0.159 e. The molecule has 3 atom stereocenters. The second-order valence-corrected chi connectivity index (χ2v) is 8.82. The Morgan fingerprint density at radius 1 is 1.16 bits per heavy atom. The predicted molar refractivity (Wildman–Crippen MR) is 115 cm³/mol. The number of morpholine rings is 1.